The molecule has 6 heteroatoms. The van der Waals surface area contributed by atoms with Crippen LogP contribution in [0.1, 0.15) is 0 Å². The highest BCUT2D eigenvalue weighted by Crippen LogP contribution is 2.24. The van der Waals surface area contributed by atoms with Gasteiger partial charge in [-0.25, -0.2) is 0 Å². The van der Waals surface area contributed by atoms with Gasteiger partial charge in [0.1, 0.15) is 5.50 Å². The van der Waals surface area contributed by atoms with Crippen LogP contribution in [0.15, 0.2) is 11.1 Å². The van der Waals surface area contributed by atoms with Crippen molar-refractivity contribution in [3.63, 3.8) is 0 Å². The number of hydrogen-bond donors (Lipinski definition) is 2. The van der Waals surface area contributed by atoms with Gasteiger partial charge in [-0.15, -0.1) is 0 Å². The van der Waals surface area contributed by atoms with Crippen LogP contribution in [0.5, 0.6) is 0 Å². The summed E-state index contributed by atoms with van der Waals surface area (Å²) in [5, 5.41) is 2.92. The Morgan fingerprint density at radius 2 is 2.20 bits per heavy atom. The van der Waals surface area contributed by atoms with Gasteiger partial charge >= 0.3 is 0 Å². The van der Waals surface area contributed by atoms with E-state index in [9.17, 15) is 4.79 Å². The molecular formula is C9H16N4OS. The van der Waals surface area contributed by atoms with E-state index in [2.05, 4.69) is 17.3 Å². The van der Waals surface area contributed by atoms with E-state index in [4.69, 9.17) is 5.73 Å². The van der Waals surface area contributed by atoms with E-state index in [1.165, 1.54) is 11.8 Å². The number of likely N-dealkylation sites (N-methyl/N-ethyl adjacent to an activating group) is 1. The Labute approximate surface area is 93.7 Å². The molecule has 0 aromatic heterocycles. The van der Waals surface area contributed by atoms with Gasteiger partial charge in [0.25, 0.3) is 5.91 Å². The van der Waals surface area contributed by atoms with Gasteiger partial charge in [-0.1, -0.05) is 11.8 Å². The van der Waals surface area contributed by atoms with Crippen molar-refractivity contribution in [3.8, 4) is 0 Å². The molecule has 1 saturated heterocycles. The number of amides is 1. The van der Waals surface area contributed by atoms with Crippen LogP contribution >= 0.6 is 11.8 Å². The fourth-order valence-electron chi connectivity index (χ4n) is 1.64. The maximum absolute atomic E-state index is 12.0. The zero-order valence-electron chi connectivity index (χ0n) is 8.77. The molecule has 2 heterocycles. The van der Waals surface area contributed by atoms with Crippen molar-refractivity contribution >= 4 is 17.7 Å². The number of thioether (sulfide) groups is 1. The lowest BCUT2D eigenvalue weighted by atomic mass is 10.3. The number of hydrogen-bond acceptors (Lipinski definition) is 5. The van der Waals surface area contributed by atoms with Crippen molar-refractivity contribution in [2.75, 3.05) is 33.2 Å². The Morgan fingerprint density at radius 3 is 2.73 bits per heavy atom. The Morgan fingerprint density at radius 1 is 1.53 bits per heavy atom. The van der Waals surface area contributed by atoms with Crippen LogP contribution in [0.4, 0.5) is 0 Å². The molecule has 5 nitrogen and oxygen atoms in total. The lowest BCUT2D eigenvalue weighted by Gasteiger charge is -2.32. The molecule has 0 aromatic rings. The third-order valence-electron chi connectivity index (χ3n) is 2.63. The second kappa shape index (κ2) is 4.42. The first-order valence-electron chi connectivity index (χ1n) is 5.03. The smallest absolute Gasteiger partial charge is 0.261 e. The summed E-state index contributed by atoms with van der Waals surface area (Å²) in [4.78, 5) is 16.8. The van der Waals surface area contributed by atoms with Crippen molar-refractivity contribution in [3.05, 3.63) is 11.1 Å². The third-order valence-corrected chi connectivity index (χ3v) is 3.57. The number of rotatable bonds is 1. The van der Waals surface area contributed by atoms with E-state index < -0.39 is 0 Å². The van der Waals surface area contributed by atoms with Crippen molar-refractivity contribution < 1.29 is 4.79 Å². The Bertz CT molecular complexity index is 286. The quantitative estimate of drug-likeness (QED) is 0.614. The van der Waals surface area contributed by atoms with Crippen LogP contribution in [0.25, 0.3) is 0 Å². The molecular weight excluding hydrogens is 212 g/mol. The maximum atomic E-state index is 12.0. The summed E-state index contributed by atoms with van der Waals surface area (Å²) in [7, 11) is 2.07. The van der Waals surface area contributed by atoms with Gasteiger partial charge in [0, 0.05) is 32.4 Å². The number of nitrogens with zero attached hydrogens (tertiary/aromatic N) is 2. The molecule has 15 heavy (non-hydrogen) atoms. The zero-order chi connectivity index (χ0) is 10.8. The molecule has 0 bridgehead atoms. The van der Waals surface area contributed by atoms with E-state index in [-0.39, 0.29) is 11.4 Å². The first-order valence-corrected chi connectivity index (χ1v) is 5.91. The highest BCUT2D eigenvalue weighted by Gasteiger charge is 2.26. The number of nitrogens with two attached hydrogens (primary N) is 1. The molecule has 0 aromatic carbocycles. The molecule has 3 N–H and O–H groups in total. The van der Waals surface area contributed by atoms with Crippen LogP contribution in [0.2, 0.25) is 0 Å². The second-order valence-corrected chi connectivity index (χ2v) is 4.99. The van der Waals surface area contributed by atoms with Gasteiger partial charge in [-0.3, -0.25) is 4.79 Å². The van der Waals surface area contributed by atoms with Gasteiger partial charge in [0.05, 0.1) is 4.91 Å². The molecule has 1 fully saturated rings. The van der Waals surface area contributed by atoms with Crippen LogP contribution in [0, 0.1) is 0 Å². The summed E-state index contributed by atoms with van der Waals surface area (Å²) in [6, 6.07) is 0. The number of carbonyl (C=O) groups is 1. The summed E-state index contributed by atoms with van der Waals surface area (Å²) >= 11 is 1.39. The zero-order valence-corrected chi connectivity index (χ0v) is 9.59. The average molecular weight is 228 g/mol. The SMILES string of the molecule is CN1CCN(C(=O)C2=CNC(N)S2)CC1. The van der Waals surface area contributed by atoms with E-state index >= 15 is 0 Å². The van der Waals surface area contributed by atoms with Gasteiger partial charge < -0.3 is 20.9 Å². The molecule has 2 aliphatic rings. The Hall–Kier alpha value is -0.720. The summed E-state index contributed by atoms with van der Waals surface area (Å²) in [5.74, 6) is 0.105. The Balaban J connectivity index is 1.91. The molecule has 0 radical (unpaired) electrons. The standard InChI is InChI=1S/C9H16N4OS/c1-12-2-4-13(5-3-12)8(14)7-6-11-9(10)15-7/h6,9,11H,2-5,10H2,1H3. The monoisotopic (exact) mass is 228 g/mol. The predicted octanol–water partition coefficient (Wildman–Crippen LogP) is -0.819. The first-order chi connectivity index (χ1) is 7.16. The molecule has 1 atom stereocenters. The molecule has 0 aliphatic carbocycles. The molecule has 1 amide bonds. The van der Waals surface area contributed by atoms with Gasteiger partial charge in [0.15, 0.2) is 0 Å². The lowest BCUT2D eigenvalue weighted by molar-refractivity contribution is -0.127. The van der Waals surface area contributed by atoms with Crippen molar-refractivity contribution in [1.82, 2.24) is 15.1 Å². The molecule has 2 rings (SSSR count). The largest absolute Gasteiger partial charge is 0.366 e. The van der Waals surface area contributed by atoms with Crippen LogP contribution in [-0.2, 0) is 4.79 Å². The van der Waals surface area contributed by atoms with Gasteiger partial charge in [-0.05, 0) is 7.05 Å². The number of piperazine rings is 1. The normalized spacial score (nSPS) is 27.5. The second-order valence-electron chi connectivity index (χ2n) is 3.81. The fraction of sp³-hybridized carbons (Fsp3) is 0.667. The molecule has 84 valence electrons. The topological polar surface area (TPSA) is 61.6 Å². The summed E-state index contributed by atoms with van der Waals surface area (Å²) < 4.78 is 0. The highest BCUT2D eigenvalue weighted by atomic mass is 32.2. The average Bonchev–Trinajstić information content (AvgIpc) is 2.65. The van der Waals surface area contributed by atoms with Crippen molar-refractivity contribution in [2.24, 2.45) is 5.73 Å². The summed E-state index contributed by atoms with van der Waals surface area (Å²) in [6.45, 7) is 3.51. The number of nitrogens with one attached hydrogen (secondary N) is 1. The molecule has 1 unspecified atom stereocenters. The summed E-state index contributed by atoms with van der Waals surface area (Å²) in [5.41, 5.74) is 5.47. The summed E-state index contributed by atoms with van der Waals surface area (Å²) in [6.07, 6.45) is 1.72. The van der Waals surface area contributed by atoms with Crippen molar-refractivity contribution in [1.29, 1.82) is 0 Å². The number of carbonyl (C=O) groups excluding carboxylic acids is 1. The third kappa shape index (κ3) is 2.45. The van der Waals surface area contributed by atoms with Crippen LogP contribution < -0.4 is 11.1 Å². The van der Waals surface area contributed by atoms with Crippen molar-refractivity contribution in [2.45, 2.75) is 5.50 Å². The maximum Gasteiger partial charge on any atom is 0.261 e. The fourth-order valence-corrected chi connectivity index (χ4v) is 2.42. The van der Waals surface area contributed by atoms with E-state index in [0.29, 0.717) is 0 Å². The minimum absolute atomic E-state index is 0.105. The van der Waals surface area contributed by atoms with E-state index in [1.807, 2.05) is 4.90 Å². The molecule has 2 aliphatic heterocycles. The minimum atomic E-state index is -0.170. The Kier molecular flexibility index (Phi) is 3.18. The van der Waals surface area contributed by atoms with Crippen LogP contribution in [0.3, 0.4) is 0 Å². The molecule has 0 spiro atoms. The van der Waals surface area contributed by atoms with Crippen LogP contribution in [-0.4, -0.2) is 54.4 Å². The minimum Gasteiger partial charge on any atom is -0.366 e. The lowest BCUT2D eigenvalue weighted by Crippen LogP contribution is -2.47. The molecule has 0 saturated carbocycles. The highest BCUT2D eigenvalue weighted by molar-refractivity contribution is 8.04. The van der Waals surface area contributed by atoms with Gasteiger partial charge in [-0.2, -0.15) is 0 Å². The van der Waals surface area contributed by atoms with Gasteiger partial charge in [0.2, 0.25) is 0 Å². The van der Waals surface area contributed by atoms with E-state index in [0.717, 1.165) is 31.1 Å². The van der Waals surface area contributed by atoms with E-state index in [1.54, 1.807) is 6.20 Å². The first kappa shape index (κ1) is 10.8. The predicted molar refractivity (Wildman–Crippen MR) is 60.9 cm³/mol.